The van der Waals surface area contributed by atoms with Crippen molar-refractivity contribution in [2.45, 2.75) is 45.8 Å². The van der Waals surface area contributed by atoms with Crippen molar-refractivity contribution in [1.82, 2.24) is 15.5 Å². The summed E-state index contributed by atoms with van der Waals surface area (Å²) in [5.74, 6) is 0.677. The van der Waals surface area contributed by atoms with Crippen LogP contribution in [0.4, 0.5) is 0 Å². The van der Waals surface area contributed by atoms with Crippen LogP contribution in [-0.2, 0) is 16.1 Å². The predicted octanol–water partition coefficient (Wildman–Crippen LogP) is 1.22. The topological polar surface area (TPSA) is 70.7 Å². The Kier molecular flexibility index (Phi) is 6.20. The van der Waals surface area contributed by atoms with E-state index in [1.165, 1.54) is 0 Å². The second-order valence-corrected chi connectivity index (χ2v) is 6.51. The lowest BCUT2D eigenvalue weighted by atomic mass is 10.0. The number of rotatable bonds is 6. The van der Waals surface area contributed by atoms with E-state index in [1.54, 1.807) is 7.11 Å². The van der Waals surface area contributed by atoms with Gasteiger partial charge in [-0.15, -0.1) is 0 Å². The van der Waals surface area contributed by atoms with Crippen molar-refractivity contribution in [2.24, 2.45) is 0 Å². The van der Waals surface area contributed by atoms with Crippen LogP contribution in [0, 0.1) is 6.92 Å². The van der Waals surface area contributed by atoms with Crippen molar-refractivity contribution in [1.29, 1.82) is 0 Å². The minimum absolute atomic E-state index is 0.0711. The highest BCUT2D eigenvalue weighted by atomic mass is 16.5. The highest BCUT2D eigenvalue weighted by Crippen LogP contribution is 2.21. The summed E-state index contributed by atoms with van der Waals surface area (Å²) in [5.41, 5.74) is 2.17. The molecule has 1 aliphatic heterocycles. The number of ether oxygens (including phenoxy) is 1. The number of nitrogens with zero attached hydrogens (tertiary/aromatic N) is 1. The fourth-order valence-corrected chi connectivity index (χ4v) is 3.00. The SMILES string of the molecule is COc1ccc(CN2CCNC(=O)[C@H]2CC(=O)NC(C)C)cc1C. The van der Waals surface area contributed by atoms with Crippen molar-refractivity contribution in [3.8, 4) is 5.75 Å². The molecule has 2 rings (SSSR count). The Morgan fingerprint density at radius 1 is 1.46 bits per heavy atom. The minimum atomic E-state index is -0.431. The summed E-state index contributed by atoms with van der Waals surface area (Å²) >= 11 is 0. The van der Waals surface area contributed by atoms with E-state index in [2.05, 4.69) is 21.6 Å². The summed E-state index contributed by atoms with van der Waals surface area (Å²) in [6, 6.07) is 5.65. The highest BCUT2D eigenvalue weighted by molar-refractivity contribution is 5.88. The molecule has 2 N–H and O–H groups in total. The first kappa shape index (κ1) is 18.3. The van der Waals surface area contributed by atoms with Gasteiger partial charge in [-0.25, -0.2) is 0 Å². The Hall–Kier alpha value is -2.08. The molecule has 0 aromatic heterocycles. The van der Waals surface area contributed by atoms with Gasteiger partial charge < -0.3 is 15.4 Å². The Morgan fingerprint density at radius 2 is 2.21 bits per heavy atom. The Labute approximate surface area is 143 Å². The number of hydrogen-bond acceptors (Lipinski definition) is 4. The fraction of sp³-hybridized carbons (Fsp3) is 0.556. The molecule has 0 saturated carbocycles. The van der Waals surface area contributed by atoms with E-state index in [4.69, 9.17) is 4.74 Å². The van der Waals surface area contributed by atoms with E-state index < -0.39 is 6.04 Å². The number of piperazine rings is 1. The molecule has 24 heavy (non-hydrogen) atoms. The lowest BCUT2D eigenvalue weighted by Crippen LogP contribution is -2.56. The van der Waals surface area contributed by atoms with Gasteiger partial charge in [0, 0.05) is 25.7 Å². The van der Waals surface area contributed by atoms with Crippen LogP contribution in [0.1, 0.15) is 31.4 Å². The van der Waals surface area contributed by atoms with Gasteiger partial charge in [0.15, 0.2) is 0 Å². The fourth-order valence-electron chi connectivity index (χ4n) is 3.00. The molecule has 0 aliphatic carbocycles. The number of aryl methyl sites for hydroxylation is 1. The number of carbonyl (C=O) groups excluding carboxylic acids is 2. The summed E-state index contributed by atoms with van der Waals surface area (Å²) in [7, 11) is 1.65. The summed E-state index contributed by atoms with van der Waals surface area (Å²) in [5, 5.41) is 5.71. The maximum Gasteiger partial charge on any atom is 0.237 e. The molecule has 0 radical (unpaired) electrons. The number of nitrogens with one attached hydrogen (secondary N) is 2. The van der Waals surface area contributed by atoms with E-state index in [0.29, 0.717) is 13.1 Å². The molecule has 0 unspecified atom stereocenters. The van der Waals surface area contributed by atoms with Crippen LogP contribution in [0.3, 0.4) is 0 Å². The molecule has 6 heteroatoms. The van der Waals surface area contributed by atoms with Crippen molar-refractivity contribution >= 4 is 11.8 Å². The molecule has 1 heterocycles. The molecule has 0 bridgehead atoms. The smallest absolute Gasteiger partial charge is 0.237 e. The largest absolute Gasteiger partial charge is 0.496 e. The number of carbonyl (C=O) groups is 2. The third-order valence-corrected chi connectivity index (χ3v) is 4.12. The monoisotopic (exact) mass is 333 g/mol. The van der Waals surface area contributed by atoms with Crippen molar-refractivity contribution in [3.63, 3.8) is 0 Å². The number of amides is 2. The van der Waals surface area contributed by atoms with Crippen LogP contribution in [0.15, 0.2) is 18.2 Å². The molecular weight excluding hydrogens is 306 g/mol. The maximum absolute atomic E-state index is 12.2. The van der Waals surface area contributed by atoms with E-state index in [-0.39, 0.29) is 24.3 Å². The lowest BCUT2D eigenvalue weighted by molar-refractivity contribution is -0.134. The quantitative estimate of drug-likeness (QED) is 0.821. The third-order valence-electron chi connectivity index (χ3n) is 4.12. The van der Waals surface area contributed by atoms with Gasteiger partial charge in [-0.1, -0.05) is 12.1 Å². The zero-order valence-corrected chi connectivity index (χ0v) is 14.9. The average Bonchev–Trinajstić information content (AvgIpc) is 2.50. The van der Waals surface area contributed by atoms with Gasteiger partial charge in [-0.05, 0) is 38.0 Å². The molecule has 1 saturated heterocycles. The van der Waals surface area contributed by atoms with Gasteiger partial charge in [0.2, 0.25) is 11.8 Å². The van der Waals surface area contributed by atoms with Crippen LogP contribution in [0.2, 0.25) is 0 Å². The van der Waals surface area contributed by atoms with Gasteiger partial charge in [-0.2, -0.15) is 0 Å². The van der Waals surface area contributed by atoms with Gasteiger partial charge in [0.25, 0.3) is 0 Å². The zero-order valence-electron chi connectivity index (χ0n) is 14.9. The second kappa shape index (κ2) is 8.15. The zero-order chi connectivity index (χ0) is 17.7. The predicted molar refractivity (Wildman–Crippen MR) is 92.8 cm³/mol. The number of methoxy groups -OCH3 is 1. The standard InChI is InChI=1S/C18H27N3O3/c1-12(2)20-17(22)10-15-18(23)19-7-8-21(15)11-14-5-6-16(24-4)13(3)9-14/h5-6,9,12,15H,7-8,10-11H2,1-4H3,(H,19,23)(H,20,22)/t15-/m1/s1. The van der Waals surface area contributed by atoms with E-state index >= 15 is 0 Å². The number of hydrogen-bond donors (Lipinski definition) is 2. The van der Waals surface area contributed by atoms with E-state index in [1.807, 2.05) is 32.9 Å². The Morgan fingerprint density at radius 3 is 2.83 bits per heavy atom. The molecule has 1 atom stereocenters. The van der Waals surface area contributed by atoms with E-state index in [9.17, 15) is 9.59 Å². The maximum atomic E-state index is 12.2. The van der Waals surface area contributed by atoms with Crippen LogP contribution in [0.5, 0.6) is 5.75 Å². The molecule has 1 aromatic rings. The normalized spacial score (nSPS) is 18.4. The van der Waals surface area contributed by atoms with Gasteiger partial charge in [0.05, 0.1) is 19.6 Å². The van der Waals surface area contributed by atoms with Crippen molar-refractivity contribution in [2.75, 3.05) is 20.2 Å². The van der Waals surface area contributed by atoms with Gasteiger partial charge in [0.1, 0.15) is 5.75 Å². The first-order chi connectivity index (χ1) is 11.4. The lowest BCUT2D eigenvalue weighted by Gasteiger charge is -2.35. The highest BCUT2D eigenvalue weighted by Gasteiger charge is 2.31. The summed E-state index contributed by atoms with van der Waals surface area (Å²) in [4.78, 5) is 26.4. The average molecular weight is 333 g/mol. The molecule has 132 valence electrons. The molecular formula is C18H27N3O3. The summed E-state index contributed by atoms with van der Waals surface area (Å²) in [6.07, 6.45) is 0.180. The van der Waals surface area contributed by atoms with Crippen molar-refractivity contribution < 1.29 is 14.3 Å². The molecule has 6 nitrogen and oxygen atoms in total. The second-order valence-electron chi connectivity index (χ2n) is 6.51. The molecule has 1 aromatic carbocycles. The minimum Gasteiger partial charge on any atom is -0.496 e. The molecule has 0 spiro atoms. The van der Waals surface area contributed by atoms with Crippen LogP contribution < -0.4 is 15.4 Å². The first-order valence-electron chi connectivity index (χ1n) is 8.35. The Bertz CT molecular complexity index is 601. The summed E-state index contributed by atoms with van der Waals surface area (Å²) in [6.45, 7) is 7.80. The third kappa shape index (κ3) is 4.71. The van der Waals surface area contributed by atoms with Gasteiger partial charge >= 0.3 is 0 Å². The summed E-state index contributed by atoms with van der Waals surface area (Å²) < 4.78 is 5.29. The first-order valence-corrected chi connectivity index (χ1v) is 8.35. The van der Waals surface area contributed by atoms with Crippen LogP contribution in [0.25, 0.3) is 0 Å². The van der Waals surface area contributed by atoms with Crippen LogP contribution in [-0.4, -0.2) is 49.0 Å². The van der Waals surface area contributed by atoms with E-state index in [0.717, 1.165) is 23.4 Å². The molecule has 2 amide bonds. The Balaban J connectivity index is 2.09. The number of benzene rings is 1. The molecule has 1 aliphatic rings. The molecule has 1 fully saturated rings. The van der Waals surface area contributed by atoms with Crippen molar-refractivity contribution in [3.05, 3.63) is 29.3 Å². The van der Waals surface area contributed by atoms with Gasteiger partial charge in [-0.3, -0.25) is 14.5 Å². The van der Waals surface area contributed by atoms with Crippen LogP contribution >= 0.6 is 0 Å².